The van der Waals surface area contributed by atoms with Crippen molar-refractivity contribution >= 4 is 5.78 Å². The van der Waals surface area contributed by atoms with E-state index in [1.807, 2.05) is 0 Å². The van der Waals surface area contributed by atoms with Gasteiger partial charge in [0, 0.05) is 8.03 Å². The largest absolute Gasteiger partial charge is 0.374 e. The molecule has 3 nitrogen and oxygen atoms in total. The molecule has 0 aliphatic carbocycles. The first-order valence-electron chi connectivity index (χ1n) is 5.46. The molecule has 0 radical (unpaired) electrons. The second kappa shape index (κ2) is 15.1. The fourth-order valence-corrected chi connectivity index (χ4v) is 0.564. The Morgan fingerprint density at radius 2 is 1.86 bits per heavy atom. The lowest BCUT2D eigenvalue weighted by molar-refractivity contribution is -0.121. The van der Waals surface area contributed by atoms with E-state index >= 15 is 0 Å². The molecule has 0 saturated heterocycles. The quantitative estimate of drug-likeness (QED) is 0.649. The van der Waals surface area contributed by atoms with Crippen LogP contribution < -0.4 is 5.73 Å². The van der Waals surface area contributed by atoms with Gasteiger partial charge < -0.3 is 10.5 Å². The minimum atomic E-state index is 0. The third-order valence-corrected chi connectivity index (χ3v) is 1.55. The Bertz CT molecular complexity index is 119. The number of carbonyl (C=O) groups is 1. The maximum atomic E-state index is 10.3. The van der Waals surface area contributed by atoms with Crippen molar-refractivity contribution in [2.75, 3.05) is 19.8 Å². The first kappa shape index (κ1) is 16.0. The number of Topliss-reactive ketones (excluding diaryl/α,β-unsaturated/α-hetero) is 1. The SMILES string of the molecule is CC(=O)COCCCCN.CCCC.[HH]. The highest BCUT2D eigenvalue weighted by Gasteiger charge is 1.91. The van der Waals surface area contributed by atoms with Crippen LogP contribution in [0.1, 0.15) is 47.9 Å². The van der Waals surface area contributed by atoms with Gasteiger partial charge in [0.25, 0.3) is 0 Å². The van der Waals surface area contributed by atoms with Crippen LogP contribution in [0, 0.1) is 0 Å². The minimum Gasteiger partial charge on any atom is -0.374 e. The predicted molar refractivity (Wildman–Crippen MR) is 62.5 cm³/mol. The average molecular weight is 205 g/mol. The van der Waals surface area contributed by atoms with Crippen molar-refractivity contribution in [3.8, 4) is 0 Å². The van der Waals surface area contributed by atoms with Crippen molar-refractivity contribution in [2.45, 2.75) is 46.5 Å². The van der Waals surface area contributed by atoms with E-state index in [9.17, 15) is 4.79 Å². The highest BCUT2D eigenvalue weighted by molar-refractivity contribution is 5.76. The minimum absolute atomic E-state index is 0. The van der Waals surface area contributed by atoms with Gasteiger partial charge in [0.15, 0.2) is 5.78 Å². The number of ketones is 1. The summed E-state index contributed by atoms with van der Waals surface area (Å²) in [5, 5.41) is 0. The van der Waals surface area contributed by atoms with E-state index in [0.717, 1.165) is 12.8 Å². The molecule has 0 aromatic rings. The molecule has 0 unspecified atom stereocenters. The lowest BCUT2D eigenvalue weighted by Crippen LogP contribution is -2.06. The standard InChI is InChI=1S/C7H15NO2.C4H10.H2/c1-7(9)6-10-5-3-2-4-8;1-3-4-2;/h2-6,8H2,1H3;3-4H2,1-2H3;1H. The topological polar surface area (TPSA) is 52.3 Å². The van der Waals surface area contributed by atoms with Gasteiger partial charge in [-0.1, -0.05) is 26.7 Å². The summed E-state index contributed by atoms with van der Waals surface area (Å²) >= 11 is 0. The third kappa shape index (κ3) is 22.6. The Morgan fingerprint density at radius 1 is 1.29 bits per heavy atom. The Morgan fingerprint density at radius 3 is 2.21 bits per heavy atom. The Hall–Kier alpha value is -0.410. The molecule has 0 aliphatic heterocycles. The van der Waals surface area contributed by atoms with E-state index < -0.39 is 0 Å². The van der Waals surface area contributed by atoms with Gasteiger partial charge in [-0.2, -0.15) is 0 Å². The summed E-state index contributed by atoms with van der Waals surface area (Å²) in [6, 6.07) is 0. The van der Waals surface area contributed by atoms with E-state index in [4.69, 9.17) is 10.5 Å². The second-order valence-electron chi connectivity index (χ2n) is 3.25. The van der Waals surface area contributed by atoms with Gasteiger partial charge >= 0.3 is 0 Å². The van der Waals surface area contributed by atoms with Crippen LogP contribution in [0.15, 0.2) is 0 Å². The fourth-order valence-electron chi connectivity index (χ4n) is 0.564. The van der Waals surface area contributed by atoms with Crippen LogP contribution in [0.3, 0.4) is 0 Å². The number of rotatable bonds is 7. The van der Waals surface area contributed by atoms with E-state index in [1.165, 1.54) is 19.8 Å². The first-order valence-corrected chi connectivity index (χ1v) is 5.46. The Kier molecular flexibility index (Phi) is 17.3. The van der Waals surface area contributed by atoms with Gasteiger partial charge in [-0.05, 0) is 26.3 Å². The maximum absolute atomic E-state index is 10.3. The van der Waals surface area contributed by atoms with Crippen molar-refractivity contribution in [1.82, 2.24) is 0 Å². The third-order valence-electron chi connectivity index (χ3n) is 1.55. The lowest BCUT2D eigenvalue weighted by Gasteiger charge is -1.98. The van der Waals surface area contributed by atoms with Crippen molar-refractivity contribution in [3.63, 3.8) is 0 Å². The van der Waals surface area contributed by atoms with E-state index in [2.05, 4.69) is 13.8 Å². The highest BCUT2D eigenvalue weighted by Crippen LogP contribution is 1.87. The monoisotopic (exact) mass is 205 g/mol. The van der Waals surface area contributed by atoms with Crippen LogP contribution in [0.25, 0.3) is 0 Å². The van der Waals surface area contributed by atoms with Crippen LogP contribution in [0.4, 0.5) is 0 Å². The molecular formula is C11H27NO2. The molecule has 2 N–H and O–H groups in total. The van der Waals surface area contributed by atoms with E-state index in [1.54, 1.807) is 0 Å². The van der Waals surface area contributed by atoms with Gasteiger partial charge in [0.1, 0.15) is 6.61 Å². The fraction of sp³-hybridized carbons (Fsp3) is 0.909. The summed E-state index contributed by atoms with van der Waals surface area (Å²) in [5.74, 6) is 0.0766. The first-order chi connectivity index (χ1) is 6.68. The molecular weight excluding hydrogens is 178 g/mol. The predicted octanol–water partition coefficient (Wildman–Crippen LogP) is 2.38. The zero-order chi connectivity index (χ0) is 11.2. The normalized spacial score (nSPS) is 9.14. The summed E-state index contributed by atoms with van der Waals surface area (Å²) in [7, 11) is 0. The second-order valence-corrected chi connectivity index (χ2v) is 3.25. The smallest absolute Gasteiger partial charge is 0.155 e. The number of hydrogen-bond donors (Lipinski definition) is 1. The number of ether oxygens (including phenoxy) is 1. The van der Waals surface area contributed by atoms with Gasteiger partial charge in [0.05, 0.1) is 0 Å². The van der Waals surface area contributed by atoms with Crippen LogP contribution in [-0.2, 0) is 9.53 Å². The molecule has 0 rings (SSSR count). The maximum Gasteiger partial charge on any atom is 0.155 e. The zero-order valence-corrected chi connectivity index (χ0v) is 9.84. The average Bonchev–Trinajstić information content (AvgIpc) is 2.18. The van der Waals surface area contributed by atoms with Crippen molar-refractivity contribution < 1.29 is 11.0 Å². The molecule has 14 heavy (non-hydrogen) atoms. The van der Waals surface area contributed by atoms with Crippen molar-refractivity contribution in [2.24, 2.45) is 5.73 Å². The van der Waals surface area contributed by atoms with E-state index in [-0.39, 0.29) is 13.8 Å². The summed E-state index contributed by atoms with van der Waals surface area (Å²) < 4.78 is 4.99. The van der Waals surface area contributed by atoms with Crippen LogP contribution in [-0.4, -0.2) is 25.5 Å². The number of unbranched alkanes of at least 4 members (excludes halogenated alkanes) is 2. The highest BCUT2D eigenvalue weighted by atomic mass is 16.5. The molecule has 0 spiro atoms. The Balaban J connectivity index is -0.000000249. The lowest BCUT2D eigenvalue weighted by atomic mass is 10.3. The molecule has 0 aliphatic rings. The van der Waals surface area contributed by atoms with Crippen molar-refractivity contribution in [1.29, 1.82) is 0 Å². The molecule has 0 heterocycles. The van der Waals surface area contributed by atoms with Crippen molar-refractivity contribution in [3.05, 3.63) is 0 Å². The van der Waals surface area contributed by atoms with Crippen LogP contribution in [0.2, 0.25) is 0 Å². The van der Waals surface area contributed by atoms with Gasteiger partial charge in [0.2, 0.25) is 0 Å². The molecule has 0 amide bonds. The van der Waals surface area contributed by atoms with Gasteiger partial charge in [-0.3, -0.25) is 4.79 Å². The number of carbonyl (C=O) groups excluding carboxylic acids is 1. The van der Waals surface area contributed by atoms with Crippen LogP contribution in [0.5, 0.6) is 0 Å². The molecule has 3 heteroatoms. The summed E-state index contributed by atoms with van der Waals surface area (Å²) in [4.78, 5) is 10.3. The van der Waals surface area contributed by atoms with Crippen LogP contribution >= 0.6 is 0 Å². The summed E-state index contributed by atoms with van der Waals surface area (Å²) in [6.07, 6.45) is 4.56. The van der Waals surface area contributed by atoms with Gasteiger partial charge in [-0.15, -0.1) is 0 Å². The molecule has 0 bridgehead atoms. The van der Waals surface area contributed by atoms with Gasteiger partial charge in [-0.25, -0.2) is 0 Å². The number of nitrogens with two attached hydrogens (primary N) is 1. The molecule has 0 aromatic heterocycles. The molecule has 0 aromatic carbocycles. The summed E-state index contributed by atoms with van der Waals surface area (Å²) in [6.45, 7) is 7.47. The molecule has 0 saturated carbocycles. The summed E-state index contributed by atoms with van der Waals surface area (Å²) in [5.41, 5.74) is 5.25. The molecule has 0 atom stereocenters. The zero-order valence-electron chi connectivity index (χ0n) is 9.84. The Labute approximate surface area is 89.5 Å². The van der Waals surface area contributed by atoms with E-state index in [0.29, 0.717) is 13.2 Å². The molecule has 88 valence electrons. The molecule has 0 fully saturated rings. The number of hydrogen-bond acceptors (Lipinski definition) is 3.